The number of thiazole rings is 1. The highest BCUT2D eigenvalue weighted by atomic mass is 32.2. The Bertz CT molecular complexity index is 1290. The number of ether oxygens (including phenoxy) is 2. The van der Waals surface area contributed by atoms with Crippen LogP contribution < -0.4 is 15.0 Å². The van der Waals surface area contributed by atoms with Crippen molar-refractivity contribution in [1.29, 1.82) is 0 Å². The van der Waals surface area contributed by atoms with Crippen molar-refractivity contribution in [3.8, 4) is 5.75 Å². The van der Waals surface area contributed by atoms with Crippen molar-refractivity contribution in [2.45, 2.75) is 4.90 Å². The van der Waals surface area contributed by atoms with Crippen LogP contribution in [0.5, 0.6) is 5.75 Å². The normalized spacial score (nSPS) is 15.9. The zero-order valence-electron chi connectivity index (χ0n) is 17.1. The maximum absolute atomic E-state index is 13.1. The van der Waals surface area contributed by atoms with Crippen molar-refractivity contribution in [2.75, 3.05) is 33.4 Å². The lowest BCUT2D eigenvalue weighted by Crippen LogP contribution is -2.40. The molecule has 31 heavy (non-hydrogen) atoms. The number of rotatable bonds is 5. The molecule has 1 amide bonds. The van der Waals surface area contributed by atoms with Crippen molar-refractivity contribution >= 4 is 37.5 Å². The third kappa shape index (κ3) is 4.22. The Balaban J connectivity index is 1.64. The summed E-state index contributed by atoms with van der Waals surface area (Å²) in [6.45, 7) is 1.15. The lowest BCUT2D eigenvalue weighted by atomic mass is 10.2. The number of methoxy groups -OCH3 is 1. The second kappa shape index (κ2) is 8.79. The fourth-order valence-electron chi connectivity index (χ4n) is 3.30. The van der Waals surface area contributed by atoms with Crippen molar-refractivity contribution in [1.82, 2.24) is 14.3 Å². The van der Waals surface area contributed by atoms with Crippen molar-refractivity contribution in [2.24, 2.45) is 12.1 Å². The van der Waals surface area contributed by atoms with Crippen LogP contribution in [0.25, 0.3) is 10.2 Å². The quantitative estimate of drug-likeness (QED) is 0.579. The van der Waals surface area contributed by atoms with Crippen LogP contribution in [-0.4, -0.2) is 56.6 Å². The molecular formula is C20H22N4O5S2. The van der Waals surface area contributed by atoms with Gasteiger partial charge in [-0.05, 0) is 30.3 Å². The van der Waals surface area contributed by atoms with Gasteiger partial charge in [0.15, 0.2) is 0 Å². The van der Waals surface area contributed by atoms with E-state index in [0.717, 1.165) is 10.2 Å². The predicted molar refractivity (Wildman–Crippen MR) is 116 cm³/mol. The van der Waals surface area contributed by atoms with Gasteiger partial charge in [0.1, 0.15) is 10.6 Å². The number of carbonyl (C=O) groups excluding carboxylic acids is 1. The number of amides is 1. The van der Waals surface area contributed by atoms with Gasteiger partial charge in [0.05, 0.1) is 30.5 Å². The standard InChI is InChI=1S/C20H22N4O5S2/c1-23-15-5-3-4-6-17(15)30-20(23)22-21-19(25)14-7-8-16(28-2)18(13-14)31(26,27)24-9-11-29-12-10-24/h3-8,13H,9-12H2,1-2H3,(H,21,25)/b22-20-. The van der Waals surface area contributed by atoms with Gasteiger partial charge in [-0.2, -0.15) is 4.31 Å². The summed E-state index contributed by atoms with van der Waals surface area (Å²) >= 11 is 1.44. The number of sulfonamides is 1. The highest BCUT2D eigenvalue weighted by molar-refractivity contribution is 7.89. The minimum Gasteiger partial charge on any atom is -0.495 e. The van der Waals surface area contributed by atoms with E-state index in [0.29, 0.717) is 18.0 Å². The average molecular weight is 463 g/mol. The number of para-hydroxylation sites is 1. The van der Waals surface area contributed by atoms with E-state index >= 15 is 0 Å². The van der Waals surface area contributed by atoms with E-state index in [-0.39, 0.29) is 29.3 Å². The fourth-order valence-corrected chi connectivity index (χ4v) is 5.87. The van der Waals surface area contributed by atoms with Gasteiger partial charge in [-0.3, -0.25) is 4.79 Å². The summed E-state index contributed by atoms with van der Waals surface area (Å²) in [7, 11) is -0.578. The number of aryl methyl sites for hydroxylation is 1. The van der Waals surface area contributed by atoms with E-state index in [1.807, 2.05) is 35.9 Å². The van der Waals surface area contributed by atoms with Crippen molar-refractivity contribution < 1.29 is 22.7 Å². The maximum Gasteiger partial charge on any atom is 0.271 e. The number of fused-ring (bicyclic) bond motifs is 1. The van der Waals surface area contributed by atoms with E-state index < -0.39 is 15.9 Å². The number of nitrogens with one attached hydrogen (secondary N) is 1. The van der Waals surface area contributed by atoms with E-state index in [2.05, 4.69) is 10.5 Å². The first-order valence-electron chi connectivity index (χ1n) is 9.56. The molecule has 2 heterocycles. The third-order valence-corrected chi connectivity index (χ3v) is 8.01. The summed E-state index contributed by atoms with van der Waals surface area (Å²) in [6, 6.07) is 12.1. The monoisotopic (exact) mass is 462 g/mol. The Morgan fingerprint density at radius 1 is 1.19 bits per heavy atom. The first kappa shape index (κ1) is 21.5. The topological polar surface area (TPSA) is 102 Å². The van der Waals surface area contributed by atoms with Crippen LogP contribution in [0.15, 0.2) is 52.5 Å². The summed E-state index contributed by atoms with van der Waals surface area (Å²) in [4.78, 5) is 13.3. The zero-order chi connectivity index (χ0) is 22.0. The largest absolute Gasteiger partial charge is 0.495 e. The third-order valence-electron chi connectivity index (χ3n) is 4.98. The van der Waals surface area contributed by atoms with Gasteiger partial charge < -0.3 is 14.0 Å². The number of carbonyl (C=O) groups is 1. The molecule has 0 atom stereocenters. The molecule has 1 N–H and O–H groups in total. The van der Waals surface area contributed by atoms with E-state index in [4.69, 9.17) is 9.47 Å². The molecule has 4 rings (SSSR count). The summed E-state index contributed by atoms with van der Waals surface area (Å²) in [5.74, 6) is -0.338. The van der Waals surface area contributed by atoms with Gasteiger partial charge in [0, 0.05) is 25.7 Å². The van der Waals surface area contributed by atoms with Crippen molar-refractivity contribution in [3.63, 3.8) is 0 Å². The van der Waals surface area contributed by atoms with Crippen LogP contribution in [0.4, 0.5) is 0 Å². The Labute approximate surface area is 183 Å². The number of hydrogen-bond donors (Lipinski definition) is 1. The average Bonchev–Trinajstić information content (AvgIpc) is 3.13. The lowest BCUT2D eigenvalue weighted by Gasteiger charge is -2.26. The Morgan fingerprint density at radius 3 is 2.65 bits per heavy atom. The van der Waals surface area contributed by atoms with Gasteiger partial charge in [0.2, 0.25) is 14.8 Å². The van der Waals surface area contributed by atoms with Crippen LogP contribution in [0, 0.1) is 0 Å². The number of benzene rings is 2. The van der Waals surface area contributed by atoms with Crippen LogP contribution >= 0.6 is 11.3 Å². The van der Waals surface area contributed by atoms with Crippen LogP contribution in [0.2, 0.25) is 0 Å². The van der Waals surface area contributed by atoms with Crippen LogP contribution in [0.1, 0.15) is 10.4 Å². The van der Waals surface area contributed by atoms with Gasteiger partial charge in [0.25, 0.3) is 5.91 Å². The molecule has 1 aliphatic rings. The molecule has 1 fully saturated rings. The molecule has 2 aromatic carbocycles. The fraction of sp³-hybridized carbons (Fsp3) is 0.300. The molecule has 3 aromatic rings. The Kier molecular flexibility index (Phi) is 6.10. The second-order valence-corrected chi connectivity index (χ2v) is 9.76. The molecule has 0 radical (unpaired) electrons. The SMILES string of the molecule is COc1ccc(C(=O)N/N=c2\sc3ccccc3n2C)cc1S(=O)(=O)N1CCOCC1. The molecule has 9 nitrogen and oxygen atoms in total. The maximum atomic E-state index is 13.1. The zero-order valence-corrected chi connectivity index (χ0v) is 18.7. The number of nitrogens with zero attached hydrogens (tertiary/aromatic N) is 3. The highest BCUT2D eigenvalue weighted by Gasteiger charge is 2.30. The molecule has 0 saturated carbocycles. The summed E-state index contributed by atoms with van der Waals surface area (Å²) in [6.07, 6.45) is 0. The molecule has 1 saturated heterocycles. The van der Waals surface area contributed by atoms with Gasteiger partial charge in [-0.15, -0.1) is 5.10 Å². The lowest BCUT2D eigenvalue weighted by molar-refractivity contribution is 0.0729. The molecular weight excluding hydrogens is 440 g/mol. The number of hydrogen-bond acceptors (Lipinski definition) is 7. The predicted octanol–water partition coefficient (Wildman–Crippen LogP) is 1.51. The summed E-state index contributed by atoms with van der Waals surface area (Å²) in [5.41, 5.74) is 3.69. The first-order chi connectivity index (χ1) is 14.9. The molecule has 1 aromatic heterocycles. The summed E-state index contributed by atoms with van der Waals surface area (Å²) in [5, 5.41) is 4.22. The molecule has 11 heteroatoms. The van der Waals surface area contributed by atoms with E-state index in [9.17, 15) is 13.2 Å². The van der Waals surface area contributed by atoms with E-state index in [1.165, 1.54) is 41.0 Å². The van der Waals surface area contributed by atoms with Gasteiger partial charge >= 0.3 is 0 Å². The van der Waals surface area contributed by atoms with Crippen LogP contribution in [0.3, 0.4) is 0 Å². The Morgan fingerprint density at radius 2 is 1.94 bits per heavy atom. The molecule has 1 aliphatic heterocycles. The second-order valence-electron chi connectivity index (χ2n) is 6.85. The summed E-state index contributed by atoms with van der Waals surface area (Å²) < 4.78 is 40.9. The number of aromatic nitrogens is 1. The van der Waals surface area contributed by atoms with Gasteiger partial charge in [-0.1, -0.05) is 23.5 Å². The molecule has 0 spiro atoms. The molecule has 0 bridgehead atoms. The smallest absolute Gasteiger partial charge is 0.271 e. The van der Waals surface area contributed by atoms with Gasteiger partial charge in [-0.25, -0.2) is 13.8 Å². The number of morpholine rings is 1. The molecule has 164 valence electrons. The minimum atomic E-state index is -3.84. The van der Waals surface area contributed by atoms with E-state index in [1.54, 1.807) is 0 Å². The highest BCUT2D eigenvalue weighted by Crippen LogP contribution is 2.28. The minimum absolute atomic E-state index is 0.0584. The van der Waals surface area contributed by atoms with Crippen molar-refractivity contribution in [3.05, 3.63) is 52.8 Å². The Hall–Kier alpha value is -2.73. The molecule has 0 aliphatic carbocycles. The molecule has 0 unspecified atom stereocenters. The van der Waals surface area contributed by atoms with Crippen LogP contribution in [-0.2, 0) is 21.8 Å². The first-order valence-corrected chi connectivity index (χ1v) is 11.8.